The molecule has 1 saturated heterocycles. The smallest absolute Gasteiger partial charge is 0.285 e. The molecule has 114 valence electrons. The SMILES string of the molecule is CCC1COCCN1C(=O)c1cc(N)c(F)cc1[N+](=O)[O-]. The predicted octanol–water partition coefficient (Wildman–Crippen LogP) is 1.57. The zero-order chi connectivity index (χ0) is 15.6. The molecule has 0 aromatic heterocycles. The number of nitro benzene ring substituents is 1. The Kier molecular flexibility index (Phi) is 4.37. The quantitative estimate of drug-likeness (QED) is 0.518. The Morgan fingerprint density at radius 1 is 1.62 bits per heavy atom. The van der Waals surface area contributed by atoms with Crippen LogP contribution < -0.4 is 5.73 Å². The van der Waals surface area contributed by atoms with Gasteiger partial charge < -0.3 is 15.4 Å². The molecule has 1 fully saturated rings. The van der Waals surface area contributed by atoms with Crippen molar-refractivity contribution in [3.05, 3.63) is 33.6 Å². The second-order valence-corrected chi connectivity index (χ2v) is 4.78. The van der Waals surface area contributed by atoms with Gasteiger partial charge in [-0.15, -0.1) is 0 Å². The van der Waals surface area contributed by atoms with Crippen LogP contribution in [0.2, 0.25) is 0 Å². The lowest BCUT2D eigenvalue weighted by atomic mass is 10.1. The van der Waals surface area contributed by atoms with Gasteiger partial charge in [0.15, 0.2) is 5.82 Å². The van der Waals surface area contributed by atoms with E-state index in [4.69, 9.17) is 10.5 Å². The standard InChI is InChI=1S/C13H16FN3O4/c1-2-8-7-21-4-3-16(8)13(18)9-5-11(15)10(14)6-12(9)17(19)20/h5-6,8H,2-4,7,15H2,1H3. The first-order chi connectivity index (χ1) is 9.95. The van der Waals surface area contributed by atoms with Crippen LogP contribution in [-0.2, 0) is 4.74 Å². The molecule has 7 nitrogen and oxygen atoms in total. The molecule has 1 atom stereocenters. The molecule has 1 aromatic carbocycles. The van der Waals surface area contributed by atoms with E-state index in [-0.39, 0.29) is 17.3 Å². The van der Waals surface area contributed by atoms with Gasteiger partial charge in [0.2, 0.25) is 0 Å². The van der Waals surface area contributed by atoms with Crippen LogP contribution in [-0.4, -0.2) is 41.5 Å². The van der Waals surface area contributed by atoms with E-state index in [0.717, 1.165) is 6.07 Å². The van der Waals surface area contributed by atoms with Gasteiger partial charge in [-0.3, -0.25) is 14.9 Å². The van der Waals surface area contributed by atoms with Crippen molar-refractivity contribution in [2.75, 3.05) is 25.5 Å². The molecule has 1 aromatic rings. The van der Waals surface area contributed by atoms with Crippen LogP contribution in [0.3, 0.4) is 0 Å². The number of nitro groups is 1. The van der Waals surface area contributed by atoms with E-state index >= 15 is 0 Å². The highest BCUT2D eigenvalue weighted by Crippen LogP contribution is 2.27. The number of halogens is 1. The number of amides is 1. The zero-order valence-corrected chi connectivity index (χ0v) is 11.5. The van der Waals surface area contributed by atoms with Crippen LogP contribution in [0.25, 0.3) is 0 Å². The molecular formula is C13H16FN3O4. The van der Waals surface area contributed by atoms with Crippen molar-refractivity contribution in [3.8, 4) is 0 Å². The summed E-state index contributed by atoms with van der Waals surface area (Å²) >= 11 is 0. The Balaban J connectivity index is 2.42. The second kappa shape index (κ2) is 6.04. The van der Waals surface area contributed by atoms with Crippen molar-refractivity contribution >= 4 is 17.3 Å². The summed E-state index contributed by atoms with van der Waals surface area (Å²) in [6.45, 7) is 2.98. The van der Waals surface area contributed by atoms with E-state index in [1.54, 1.807) is 0 Å². The third-order valence-corrected chi connectivity index (χ3v) is 3.50. The molecule has 21 heavy (non-hydrogen) atoms. The molecule has 2 rings (SSSR count). The molecule has 1 heterocycles. The van der Waals surface area contributed by atoms with Gasteiger partial charge in [0.25, 0.3) is 11.6 Å². The molecule has 0 saturated carbocycles. The minimum atomic E-state index is -0.910. The minimum Gasteiger partial charge on any atom is -0.396 e. The minimum absolute atomic E-state index is 0.155. The highest BCUT2D eigenvalue weighted by Gasteiger charge is 2.31. The van der Waals surface area contributed by atoms with Gasteiger partial charge in [0.1, 0.15) is 5.56 Å². The van der Waals surface area contributed by atoms with E-state index in [0.29, 0.717) is 32.2 Å². The molecular weight excluding hydrogens is 281 g/mol. The first-order valence-corrected chi connectivity index (χ1v) is 6.57. The van der Waals surface area contributed by atoms with Crippen molar-refractivity contribution in [2.24, 2.45) is 0 Å². The van der Waals surface area contributed by atoms with E-state index < -0.39 is 22.3 Å². The van der Waals surface area contributed by atoms with Gasteiger partial charge in [-0.25, -0.2) is 4.39 Å². The number of carbonyl (C=O) groups is 1. The third-order valence-electron chi connectivity index (χ3n) is 3.50. The fraction of sp³-hybridized carbons (Fsp3) is 0.462. The number of morpholine rings is 1. The normalized spacial score (nSPS) is 18.6. The van der Waals surface area contributed by atoms with E-state index in [1.165, 1.54) is 4.90 Å². The summed E-state index contributed by atoms with van der Waals surface area (Å²) in [5.41, 5.74) is 4.37. The Bertz CT molecular complexity index is 579. The van der Waals surface area contributed by atoms with Crippen LogP contribution in [0.4, 0.5) is 15.8 Å². The average molecular weight is 297 g/mol. The number of nitrogen functional groups attached to an aromatic ring is 1. The van der Waals surface area contributed by atoms with E-state index in [9.17, 15) is 19.3 Å². The van der Waals surface area contributed by atoms with Crippen LogP contribution >= 0.6 is 0 Å². The number of nitrogens with zero attached hydrogens (tertiary/aromatic N) is 2. The number of ether oxygens (including phenoxy) is 1. The lowest BCUT2D eigenvalue weighted by Crippen LogP contribution is -2.48. The third kappa shape index (κ3) is 2.94. The van der Waals surface area contributed by atoms with Crippen molar-refractivity contribution < 1.29 is 18.8 Å². The zero-order valence-electron chi connectivity index (χ0n) is 11.5. The Hall–Kier alpha value is -2.22. The van der Waals surface area contributed by atoms with Gasteiger partial charge in [0, 0.05) is 6.54 Å². The lowest BCUT2D eigenvalue weighted by Gasteiger charge is -2.35. The molecule has 1 unspecified atom stereocenters. The molecule has 2 N–H and O–H groups in total. The molecule has 1 aliphatic heterocycles. The maximum Gasteiger partial charge on any atom is 0.285 e. The van der Waals surface area contributed by atoms with Gasteiger partial charge >= 0.3 is 0 Å². The largest absolute Gasteiger partial charge is 0.396 e. The number of hydrogen-bond donors (Lipinski definition) is 1. The van der Waals surface area contributed by atoms with E-state index in [2.05, 4.69) is 0 Å². The average Bonchev–Trinajstić information content (AvgIpc) is 2.48. The first kappa shape index (κ1) is 15.2. The summed E-state index contributed by atoms with van der Waals surface area (Å²) in [7, 11) is 0. The van der Waals surface area contributed by atoms with Gasteiger partial charge in [-0.05, 0) is 12.5 Å². The van der Waals surface area contributed by atoms with Crippen molar-refractivity contribution in [1.29, 1.82) is 0 Å². The highest BCUT2D eigenvalue weighted by molar-refractivity contribution is 5.99. The van der Waals surface area contributed by atoms with Crippen LogP contribution in [0, 0.1) is 15.9 Å². The Morgan fingerprint density at radius 3 is 2.95 bits per heavy atom. The predicted molar refractivity (Wildman–Crippen MR) is 73.4 cm³/mol. The monoisotopic (exact) mass is 297 g/mol. The molecule has 0 radical (unpaired) electrons. The number of nitrogens with two attached hydrogens (primary N) is 1. The fourth-order valence-corrected chi connectivity index (χ4v) is 2.32. The summed E-state index contributed by atoms with van der Waals surface area (Å²) in [5.74, 6) is -1.43. The van der Waals surface area contributed by atoms with Crippen LogP contribution in [0.1, 0.15) is 23.7 Å². The summed E-state index contributed by atoms with van der Waals surface area (Å²) in [6.07, 6.45) is 0.663. The Morgan fingerprint density at radius 2 is 2.33 bits per heavy atom. The maximum absolute atomic E-state index is 13.4. The fourth-order valence-electron chi connectivity index (χ4n) is 2.32. The van der Waals surface area contributed by atoms with Gasteiger partial charge in [0.05, 0.1) is 35.9 Å². The summed E-state index contributed by atoms with van der Waals surface area (Å²) in [6, 6.07) is 1.55. The second-order valence-electron chi connectivity index (χ2n) is 4.78. The molecule has 1 amide bonds. The number of hydrogen-bond acceptors (Lipinski definition) is 5. The number of anilines is 1. The molecule has 8 heteroatoms. The van der Waals surface area contributed by atoms with Crippen molar-refractivity contribution in [2.45, 2.75) is 19.4 Å². The van der Waals surface area contributed by atoms with Crippen molar-refractivity contribution in [1.82, 2.24) is 4.90 Å². The van der Waals surface area contributed by atoms with Gasteiger partial charge in [-0.1, -0.05) is 6.92 Å². The Labute approximate surface area is 120 Å². The maximum atomic E-state index is 13.4. The molecule has 1 aliphatic rings. The molecule has 0 aliphatic carbocycles. The topological polar surface area (TPSA) is 98.7 Å². The molecule has 0 spiro atoms. The first-order valence-electron chi connectivity index (χ1n) is 6.57. The molecule has 0 bridgehead atoms. The summed E-state index contributed by atoms with van der Waals surface area (Å²) in [5, 5.41) is 11.0. The number of benzene rings is 1. The lowest BCUT2D eigenvalue weighted by molar-refractivity contribution is -0.385. The van der Waals surface area contributed by atoms with Crippen LogP contribution in [0.15, 0.2) is 12.1 Å². The number of carbonyl (C=O) groups excluding carboxylic acids is 1. The summed E-state index contributed by atoms with van der Waals surface area (Å²) in [4.78, 5) is 24.3. The number of rotatable bonds is 3. The highest BCUT2D eigenvalue weighted by atomic mass is 19.1. The van der Waals surface area contributed by atoms with Crippen LogP contribution in [0.5, 0.6) is 0 Å². The summed E-state index contributed by atoms with van der Waals surface area (Å²) < 4.78 is 18.7. The van der Waals surface area contributed by atoms with Gasteiger partial charge in [-0.2, -0.15) is 0 Å². The van der Waals surface area contributed by atoms with Crippen molar-refractivity contribution in [3.63, 3.8) is 0 Å². The van der Waals surface area contributed by atoms with E-state index in [1.807, 2.05) is 6.92 Å².